The van der Waals surface area contributed by atoms with Crippen molar-refractivity contribution in [1.82, 2.24) is 10.2 Å². The fraction of sp³-hybridized carbons (Fsp3) is 0.571. The first kappa shape index (κ1) is 15.4. The van der Waals surface area contributed by atoms with Crippen LogP contribution in [0.3, 0.4) is 0 Å². The Morgan fingerprint density at radius 2 is 2.00 bits per heavy atom. The molecule has 0 bridgehead atoms. The SMILES string of the molecule is Cc1ccc(S(C)(=O)=O)c(C(O)CN2CCNCC2)c1. The Hall–Kier alpha value is -0.950. The normalized spacial score (nSPS) is 18.9. The molecule has 2 N–H and O–H groups in total. The average molecular weight is 298 g/mol. The van der Waals surface area contributed by atoms with Gasteiger partial charge >= 0.3 is 0 Å². The van der Waals surface area contributed by atoms with Gasteiger partial charge in [0.25, 0.3) is 0 Å². The lowest BCUT2D eigenvalue weighted by Crippen LogP contribution is -2.45. The third-order valence-electron chi connectivity index (χ3n) is 3.56. The Balaban J connectivity index is 2.23. The molecule has 1 saturated heterocycles. The summed E-state index contributed by atoms with van der Waals surface area (Å²) < 4.78 is 23.7. The molecule has 2 rings (SSSR count). The van der Waals surface area contributed by atoms with Crippen LogP contribution in [0.5, 0.6) is 0 Å². The minimum Gasteiger partial charge on any atom is -0.387 e. The fourth-order valence-electron chi connectivity index (χ4n) is 2.50. The Morgan fingerprint density at radius 3 is 2.60 bits per heavy atom. The van der Waals surface area contributed by atoms with Gasteiger partial charge in [0.05, 0.1) is 11.0 Å². The molecule has 5 nitrogen and oxygen atoms in total. The number of piperazine rings is 1. The van der Waals surface area contributed by atoms with Crippen molar-refractivity contribution in [2.45, 2.75) is 17.9 Å². The van der Waals surface area contributed by atoms with E-state index in [2.05, 4.69) is 10.2 Å². The van der Waals surface area contributed by atoms with Crippen molar-refractivity contribution in [3.05, 3.63) is 29.3 Å². The molecule has 1 aromatic rings. The summed E-state index contributed by atoms with van der Waals surface area (Å²) in [5, 5.41) is 13.7. The van der Waals surface area contributed by atoms with Crippen LogP contribution in [-0.2, 0) is 9.84 Å². The lowest BCUT2D eigenvalue weighted by atomic mass is 10.1. The maximum Gasteiger partial charge on any atom is 0.175 e. The predicted molar refractivity (Wildman–Crippen MR) is 78.6 cm³/mol. The quantitative estimate of drug-likeness (QED) is 0.839. The second-order valence-corrected chi connectivity index (χ2v) is 7.36. The van der Waals surface area contributed by atoms with E-state index in [0.29, 0.717) is 12.1 Å². The van der Waals surface area contributed by atoms with Crippen LogP contribution in [0.1, 0.15) is 17.2 Å². The number of aliphatic hydroxyl groups is 1. The summed E-state index contributed by atoms with van der Waals surface area (Å²) in [5.74, 6) is 0. The molecule has 0 aromatic heterocycles. The van der Waals surface area contributed by atoms with E-state index in [9.17, 15) is 13.5 Å². The van der Waals surface area contributed by atoms with E-state index in [1.54, 1.807) is 18.2 Å². The summed E-state index contributed by atoms with van der Waals surface area (Å²) in [7, 11) is -3.33. The molecular formula is C14H22N2O3S. The van der Waals surface area contributed by atoms with Gasteiger partial charge in [-0.25, -0.2) is 8.42 Å². The van der Waals surface area contributed by atoms with E-state index in [4.69, 9.17) is 0 Å². The zero-order valence-electron chi connectivity index (χ0n) is 12.0. The Bertz CT molecular complexity index is 566. The summed E-state index contributed by atoms with van der Waals surface area (Å²) >= 11 is 0. The van der Waals surface area contributed by atoms with Gasteiger partial charge in [-0.2, -0.15) is 0 Å². The number of hydrogen-bond acceptors (Lipinski definition) is 5. The maximum absolute atomic E-state index is 11.8. The van der Waals surface area contributed by atoms with Crippen LogP contribution in [0.15, 0.2) is 23.1 Å². The van der Waals surface area contributed by atoms with Crippen molar-refractivity contribution < 1.29 is 13.5 Å². The van der Waals surface area contributed by atoms with Crippen molar-refractivity contribution in [2.24, 2.45) is 0 Å². The van der Waals surface area contributed by atoms with E-state index in [1.165, 1.54) is 6.26 Å². The van der Waals surface area contributed by atoms with Crippen molar-refractivity contribution in [3.63, 3.8) is 0 Å². The number of hydrogen-bond donors (Lipinski definition) is 2. The molecule has 6 heteroatoms. The van der Waals surface area contributed by atoms with Crippen molar-refractivity contribution in [2.75, 3.05) is 39.0 Å². The average Bonchev–Trinajstić information content (AvgIpc) is 2.38. The summed E-state index contributed by atoms with van der Waals surface area (Å²) in [4.78, 5) is 2.38. The highest BCUT2D eigenvalue weighted by Crippen LogP contribution is 2.24. The zero-order chi connectivity index (χ0) is 14.8. The Kier molecular flexibility index (Phi) is 4.80. The molecule has 1 atom stereocenters. The highest BCUT2D eigenvalue weighted by molar-refractivity contribution is 7.90. The van der Waals surface area contributed by atoms with Crippen LogP contribution in [0.4, 0.5) is 0 Å². The van der Waals surface area contributed by atoms with Gasteiger partial charge in [-0.1, -0.05) is 17.7 Å². The second-order valence-electron chi connectivity index (χ2n) is 5.38. The molecule has 1 aromatic carbocycles. The Labute approximate surface area is 120 Å². The highest BCUT2D eigenvalue weighted by Gasteiger charge is 2.22. The number of benzene rings is 1. The van der Waals surface area contributed by atoms with Gasteiger partial charge in [-0.05, 0) is 13.0 Å². The molecule has 112 valence electrons. The van der Waals surface area contributed by atoms with Gasteiger partial charge in [-0.3, -0.25) is 4.90 Å². The van der Waals surface area contributed by atoms with Gasteiger partial charge in [0.2, 0.25) is 0 Å². The van der Waals surface area contributed by atoms with E-state index in [0.717, 1.165) is 31.7 Å². The van der Waals surface area contributed by atoms with Gasteiger partial charge in [-0.15, -0.1) is 0 Å². The largest absolute Gasteiger partial charge is 0.387 e. The molecule has 0 saturated carbocycles. The van der Waals surface area contributed by atoms with Crippen LogP contribution < -0.4 is 5.32 Å². The summed E-state index contributed by atoms with van der Waals surface area (Å²) in [6.07, 6.45) is 0.399. The van der Waals surface area contributed by atoms with Gasteiger partial charge in [0, 0.05) is 44.5 Å². The molecule has 1 unspecified atom stereocenters. The lowest BCUT2D eigenvalue weighted by molar-refractivity contribution is 0.103. The molecule has 1 aliphatic rings. The fourth-order valence-corrected chi connectivity index (χ4v) is 3.44. The van der Waals surface area contributed by atoms with E-state index in [-0.39, 0.29) is 4.90 Å². The van der Waals surface area contributed by atoms with Crippen LogP contribution in [0.2, 0.25) is 0 Å². The summed E-state index contributed by atoms with van der Waals surface area (Å²) in [6.45, 7) is 5.91. The number of β-amino-alcohol motifs (C(OH)–C–C–N with tert-alkyl or cyclic N) is 1. The molecule has 0 spiro atoms. The van der Waals surface area contributed by atoms with E-state index >= 15 is 0 Å². The van der Waals surface area contributed by atoms with E-state index in [1.807, 2.05) is 6.92 Å². The monoisotopic (exact) mass is 298 g/mol. The lowest BCUT2D eigenvalue weighted by Gasteiger charge is -2.29. The molecule has 0 amide bonds. The summed E-state index contributed by atoms with van der Waals surface area (Å²) in [5.41, 5.74) is 1.46. The first-order chi connectivity index (χ1) is 9.38. The highest BCUT2D eigenvalue weighted by atomic mass is 32.2. The standard InChI is InChI=1S/C14H22N2O3S/c1-11-3-4-14(20(2,18)19)12(9-11)13(17)10-16-7-5-15-6-8-16/h3-4,9,13,15,17H,5-8,10H2,1-2H3. The topological polar surface area (TPSA) is 69.6 Å². The zero-order valence-corrected chi connectivity index (χ0v) is 12.8. The third kappa shape index (κ3) is 3.79. The van der Waals surface area contributed by atoms with Crippen LogP contribution in [0.25, 0.3) is 0 Å². The molecule has 1 heterocycles. The third-order valence-corrected chi connectivity index (χ3v) is 4.74. The minimum absolute atomic E-state index is 0.228. The van der Waals surface area contributed by atoms with Gasteiger partial charge < -0.3 is 10.4 Å². The van der Waals surface area contributed by atoms with E-state index < -0.39 is 15.9 Å². The summed E-state index contributed by atoms with van der Waals surface area (Å²) in [6, 6.07) is 5.11. The van der Waals surface area contributed by atoms with Crippen LogP contribution >= 0.6 is 0 Å². The van der Waals surface area contributed by atoms with Crippen molar-refractivity contribution >= 4 is 9.84 Å². The second kappa shape index (κ2) is 6.22. The molecule has 1 fully saturated rings. The molecule has 20 heavy (non-hydrogen) atoms. The smallest absolute Gasteiger partial charge is 0.175 e. The Morgan fingerprint density at radius 1 is 1.35 bits per heavy atom. The van der Waals surface area contributed by atoms with Crippen LogP contribution in [-0.4, -0.2) is 57.4 Å². The molecule has 0 radical (unpaired) electrons. The van der Waals surface area contributed by atoms with Crippen molar-refractivity contribution in [1.29, 1.82) is 0 Å². The number of rotatable bonds is 4. The number of aryl methyl sites for hydroxylation is 1. The molecule has 1 aliphatic heterocycles. The molecule has 0 aliphatic carbocycles. The van der Waals surface area contributed by atoms with Gasteiger partial charge in [0.1, 0.15) is 0 Å². The number of sulfone groups is 1. The van der Waals surface area contributed by atoms with Crippen molar-refractivity contribution in [3.8, 4) is 0 Å². The maximum atomic E-state index is 11.8. The molecular weight excluding hydrogens is 276 g/mol. The minimum atomic E-state index is -3.33. The van der Waals surface area contributed by atoms with Crippen LogP contribution in [0, 0.1) is 6.92 Å². The first-order valence-corrected chi connectivity index (χ1v) is 8.69. The first-order valence-electron chi connectivity index (χ1n) is 6.79. The number of nitrogens with zero attached hydrogens (tertiary/aromatic N) is 1. The number of nitrogens with one attached hydrogen (secondary N) is 1. The number of aliphatic hydroxyl groups excluding tert-OH is 1. The predicted octanol–water partition coefficient (Wildman–Crippen LogP) is 0.337. The van der Waals surface area contributed by atoms with Gasteiger partial charge in [0.15, 0.2) is 9.84 Å².